The summed E-state index contributed by atoms with van der Waals surface area (Å²) < 4.78 is 5.19. The Hall–Kier alpha value is -1.64. The molecule has 3 heteroatoms. The molecule has 0 spiro atoms. The average Bonchev–Trinajstić information content (AvgIpc) is 2.32. The minimum absolute atomic E-state index is 0.247. The number of benzene rings is 1. The zero-order chi connectivity index (χ0) is 12.3. The molecule has 1 aliphatic heterocycles. The van der Waals surface area contributed by atoms with E-state index in [1.165, 1.54) is 0 Å². The molecule has 0 saturated carbocycles. The van der Waals surface area contributed by atoms with Gasteiger partial charge in [-0.2, -0.15) is 0 Å². The minimum atomic E-state index is -0.473. The van der Waals surface area contributed by atoms with Crippen LogP contribution in [0.5, 0.6) is 0 Å². The Bertz CT molecular complexity index is 423. The van der Waals surface area contributed by atoms with Gasteiger partial charge in [-0.3, -0.25) is 4.99 Å². The molecule has 17 heavy (non-hydrogen) atoms. The fourth-order valence-corrected chi connectivity index (χ4v) is 1.93. The van der Waals surface area contributed by atoms with E-state index in [2.05, 4.69) is 18.8 Å². The van der Waals surface area contributed by atoms with E-state index in [-0.39, 0.29) is 5.97 Å². The molecule has 2 rings (SSSR count). The Morgan fingerprint density at radius 2 is 2.06 bits per heavy atom. The predicted octanol–water partition coefficient (Wildman–Crippen LogP) is 2.77. The van der Waals surface area contributed by atoms with Gasteiger partial charge in [-0.05, 0) is 17.9 Å². The third-order valence-corrected chi connectivity index (χ3v) is 2.68. The molecule has 1 aromatic carbocycles. The molecule has 0 bridgehead atoms. The molecule has 0 unspecified atom stereocenters. The highest BCUT2D eigenvalue weighted by Gasteiger charge is 2.26. The lowest BCUT2D eigenvalue weighted by molar-refractivity contribution is -0.144. The Balaban J connectivity index is 2.22. The van der Waals surface area contributed by atoms with Crippen LogP contribution in [0.25, 0.3) is 0 Å². The largest absolute Gasteiger partial charge is 0.458 e. The second-order valence-electron chi connectivity index (χ2n) is 4.71. The van der Waals surface area contributed by atoms with E-state index < -0.39 is 6.04 Å². The molecule has 1 heterocycles. The highest BCUT2D eigenvalue weighted by molar-refractivity contribution is 5.93. The first-order valence-electron chi connectivity index (χ1n) is 5.94. The van der Waals surface area contributed by atoms with E-state index in [1.54, 1.807) is 0 Å². The van der Waals surface area contributed by atoms with Crippen molar-refractivity contribution in [3.8, 4) is 0 Å². The van der Waals surface area contributed by atoms with Crippen LogP contribution in [-0.2, 0) is 9.53 Å². The molecule has 0 saturated heterocycles. The van der Waals surface area contributed by atoms with Crippen LogP contribution in [0.2, 0.25) is 0 Å². The fraction of sp³-hybridized carbons (Fsp3) is 0.429. The zero-order valence-electron chi connectivity index (χ0n) is 10.2. The summed E-state index contributed by atoms with van der Waals surface area (Å²) in [6.45, 7) is 4.62. The van der Waals surface area contributed by atoms with Crippen molar-refractivity contribution < 1.29 is 9.53 Å². The summed E-state index contributed by atoms with van der Waals surface area (Å²) in [6.07, 6.45) is 0.886. The summed E-state index contributed by atoms with van der Waals surface area (Å²) in [5.74, 6) is 0.283. The van der Waals surface area contributed by atoms with Gasteiger partial charge in [0, 0.05) is 0 Å². The molecule has 0 amide bonds. The quantitative estimate of drug-likeness (QED) is 0.750. The molecular formula is C14H17NO2. The first-order chi connectivity index (χ1) is 8.16. The van der Waals surface area contributed by atoms with E-state index in [1.807, 2.05) is 30.3 Å². The second kappa shape index (κ2) is 5.13. The lowest BCUT2D eigenvalue weighted by Crippen LogP contribution is -2.27. The third-order valence-electron chi connectivity index (χ3n) is 2.68. The minimum Gasteiger partial charge on any atom is -0.458 e. The van der Waals surface area contributed by atoms with Crippen molar-refractivity contribution in [3.05, 3.63) is 35.9 Å². The van der Waals surface area contributed by atoms with Crippen LogP contribution in [0.15, 0.2) is 35.3 Å². The summed E-state index contributed by atoms with van der Waals surface area (Å²) >= 11 is 0. The van der Waals surface area contributed by atoms with E-state index in [0.29, 0.717) is 12.5 Å². The maximum absolute atomic E-state index is 11.7. The Morgan fingerprint density at radius 3 is 2.71 bits per heavy atom. The average molecular weight is 231 g/mol. The Morgan fingerprint density at radius 1 is 1.35 bits per heavy atom. The molecule has 0 aromatic heterocycles. The van der Waals surface area contributed by atoms with Gasteiger partial charge < -0.3 is 4.74 Å². The van der Waals surface area contributed by atoms with Crippen molar-refractivity contribution >= 4 is 11.7 Å². The normalized spacial score (nSPS) is 20.1. The lowest BCUT2D eigenvalue weighted by Gasteiger charge is -2.21. The van der Waals surface area contributed by atoms with E-state index in [4.69, 9.17) is 4.74 Å². The maximum atomic E-state index is 11.7. The van der Waals surface area contributed by atoms with Crippen LogP contribution >= 0.6 is 0 Å². The molecule has 1 aliphatic rings. The molecule has 0 N–H and O–H groups in total. The number of hydrogen-bond donors (Lipinski definition) is 0. The number of carbonyl (C=O) groups excluding carboxylic acids is 1. The highest BCUT2D eigenvalue weighted by atomic mass is 16.5. The molecule has 3 nitrogen and oxygen atoms in total. The van der Waals surface area contributed by atoms with E-state index in [0.717, 1.165) is 17.7 Å². The second-order valence-corrected chi connectivity index (χ2v) is 4.71. The van der Waals surface area contributed by atoms with Gasteiger partial charge in [0.05, 0.1) is 5.71 Å². The number of rotatable bonds is 3. The topological polar surface area (TPSA) is 38.7 Å². The van der Waals surface area contributed by atoms with Crippen LogP contribution < -0.4 is 0 Å². The van der Waals surface area contributed by atoms with Gasteiger partial charge in [-0.25, -0.2) is 4.79 Å². The standard InChI is InChI=1S/C14H17NO2/c1-10(2)8-12-9-17-14(16)13(15-12)11-6-4-3-5-7-11/h3-7,10,13H,8-9H2,1-2H3/t13-/m1/s1. The number of carbonyl (C=O) groups is 1. The van der Waals surface area contributed by atoms with Crippen LogP contribution in [0.3, 0.4) is 0 Å². The molecule has 0 radical (unpaired) electrons. The van der Waals surface area contributed by atoms with Crippen molar-refractivity contribution in [1.29, 1.82) is 0 Å². The number of esters is 1. The van der Waals surface area contributed by atoms with Crippen LogP contribution in [0.1, 0.15) is 31.9 Å². The SMILES string of the molecule is CC(C)CC1=N[C@H](c2ccccc2)C(=O)OC1. The van der Waals surface area contributed by atoms with Gasteiger partial charge in [0.2, 0.25) is 0 Å². The smallest absolute Gasteiger partial charge is 0.335 e. The van der Waals surface area contributed by atoms with E-state index in [9.17, 15) is 4.79 Å². The summed E-state index contributed by atoms with van der Waals surface area (Å²) in [5.41, 5.74) is 1.88. The molecule has 0 fully saturated rings. The van der Waals surface area contributed by atoms with Gasteiger partial charge >= 0.3 is 5.97 Å². The Labute approximate surface area is 102 Å². The van der Waals surface area contributed by atoms with Crippen molar-refractivity contribution in [2.45, 2.75) is 26.3 Å². The fourth-order valence-electron chi connectivity index (χ4n) is 1.93. The van der Waals surface area contributed by atoms with Crippen LogP contribution in [0.4, 0.5) is 0 Å². The summed E-state index contributed by atoms with van der Waals surface area (Å²) in [4.78, 5) is 16.2. The molecule has 90 valence electrons. The van der Waals surface area contributed by atoms with Crippen molar-refractivity contribution in [1.82, 2.24) is 0 Å². The zero-order valence-corrected chi connectivity index (χ0v) is 10.2. The molecule has 0 aliphatic carbocycles. The van der Waals surface area contributed by atoms with Crippen molar-refractivity contribution in [2.75, 3.05) is 6.61 Å². The van der Waals surface area contributed by atoms with Gasteiger partial charge in [0.1, 0.15) is 6.61 Å². The Kier molecular flexibility index (Phi) is 3.57. The van der Waals surface area contributed by atoms with E-state index >= 15 is 0 Å². The van der Waals surface area contributed by atoms with Crippen LogP contribution in [-0.4, -0.2) is 18.3 Å². The van der Waals surface area contributed by atoms with Gasteiger partial charge in [-0.15, -0.1) is 0 Å². The van der Waals surface area contributed by atoms with Gasteiger partial charge in [0.25, 0.3) is 0 Å². The number of aliphatic imine (C=N–C) groups is 1. The molecule has 1 atom stereocenters. The van der Waals surface area contributed by atoms with Crippen molar-refractivity contribution in [3.63, 3.8) is 0 Å². The summed E-state index contributed by atoms with van der Waals surface area (Å²) in [5, 5.41) is 0. The lowest BCUT2D eigenvalue weighted by atomic mass is 10.0. The summed E-state index contributed by atoms with van der Waals surface area (Å²) in [7, 11) is 0. The molecular weight excluding hydrogens is 214 g/mol. The maximum Gasteiger partial charge on any atom is 0.335 e. The number of cyclic esters (lactones) is 1. The third kappa shape index (κ3) is 2.93. The van der Waals surface area contributed by atoms with Crippen molar-refractivity contribution in [2.24, 2.45) is 10.9 Å². The number of ether oxygens (including phenoxy) is 1. The predicted molar refractivity (Wildman–Crippen MR) is 67.0 cm³/mol. The summed E-state index contributed by atoms with van der Waals surface area (Å²) in [6, 6.07) is 9.10. The first-order valence-corrected chi connectivity index (χ1v) is 5.94. The van der Waals surface area contributed by atoms with Gasteiger partial charge in [0.15, 0.2) is 6.04 Å². The van der Waals surface area contributed by atoms with Crippen LogP contribution in [0, 0.1) is 5.92 Å². The number of nitrogens with zero attached hydrogens (tertiary/aromatic N) is 1. The highest BCUT2D eigenvalue weighted by Crippen LogP contribution is 2.23. The number of hydrogen-bond acceptors (Lipinski definition) is 3. The monoisotopic (exact) mass is 231 g/mol. The van der Waals surface area contributed by atoms with Gasteiger partial charge in [-0.1, -0.05) is 44.2 Å². The first kappa shape index (κ1) is 11.8. The molecule has 1 aromatic rings.